The van der Waals surface area contributed by atoms with E-state index in [1.165, 1.54) is 4.68 Å². The number of nitrogens with one attached hydrogen (secondary N) is 1. The normalized spacial score (nSPS) is 10.6. The molecule has 0 saturated heterocycles. The molecule has 2 aromatic carbocycles. The first-order chi connectivity index (χ1) is 11.0. The van der Waals surface area contributed by atoms with Crippen molar-refractivity contribution in [3.63, 3.8) is 0 Å². The van der Waals surface area contributed by atoms with Gasteiger partial charge in [0.1, 0.15) is 11.6 Å². The Kier molecular flexibility index (Phi) is 3.80. The number of hydrogen-bond acceptors (Lipinski definition) is 4. The van der Waals surface area contributed by atoms with Crippen LogP contribution in [0.5, 0.6) is 0 Å². The molecular formula is C15H11F2N5O. The van der Waals surface area contributed by atoms with Gasteiger partial charge in [0.25, 0.3) is 5.91 Å². The van der Waals surface area contributed by atoms with Crippen LogP contribution in [-0.4, -0.2) is 26.1 Å². The fourth-order valence-electron chi connectivity index (χ4n) is 2.08. The highest BCUT2D eigenvalue weighted by atomic mass is 19.1. The smallest absolute Gasteiger partial charge is 0.258 e. The summed E-state index contributed by atoms with van der Waals surface area (Å²) < 4.78 is 28.0. The molecule has 0 atom stereocenters. The second-order valence-corrected chi connectivity index (χ2v) is 4.79. The Morgan fingerprint density at radius 2 is 2.00 bits per heavy atom. The summed E-state index contributed by atoms with van der Waals surface area (Å²) in [4.78, 5) is 12.1. The minimum absolute atomic E-state index is 0.239. The van der Waals surface area contributed by atoms with E-state index in [2.05, 4.69) is 20.8 Å². The zero-order valence-electron chi connectivity index (χ0n) is 12.0. The van der Waals surface area contributed by atoms with Crippen molar-refractivity contribution in [2.24, 2.45) is 7.05 Å². The lowest BCUT2D eigenvalue weighted by Crippen LogP contribution is -2.14. The minimum Gasteiger partial charge on any atom is -0.322 e. The van der Waals surface area contributed by atoms with Gasteiger partial charge in [0.15, 0.2) is 5.82 Å². The molecule has 8 heteroatoms. The van der Waals surface area contributed by atoms with Gasteiger partial charge in [0.2, 0.25) is 0 Å². The molecule has 0 bridgehead atoms. The van der Waals surface area contributed by atoms with Crippen LogP contribution >= 0.6 is 0 Å². The lowest BCUT2D eigenvalue weighted by atomic mass is 10.1. The lowest BCUT2D eigenvalue weighted by Gasteiger charge is -2.07. The third-order valence-corrected chi connectivity index (χ3v) is 3.17. The first-order valence-corrected chi connectivity index (χ1v) is 6.64. The molecule has 3 aromatic rings. The van der Waals surface area contributed by atoms with E-state index < -0.39 is 17.5 Å². The molecule has 116 valence electrons. The zero-order valence-corrected chi connectivity index (χ0v) is 12.0. The summed E-state index contributed by atoms with van der Waals surface area (Å²) in [7, 11) is 1.69. The van der Waals surface area contributed by atoms with Crippen LogP contribution in [-0.2, 0) is 7.05 Å². The van der Waals surface area contributed by atoms with Gasteiger partial charge in [0, 0.05) is 24.4 Å². The van der Waals surface area contributed by atoms with Gasteiger partial charge >= 0.3 is 0 Å². The molecule has 3 rings (SSSR count). The highest BCUT2D eigenvalue weighted by Gasteiger charge is 2.13. The minimum atomic E-state index is -0.920. The van der Waals surface area contributed by atoms with Gasteiger partial charge in [-0.1, -0.05) is 12.1 Å². The summed E-state index contributed by atoms with van der Waals surface area (Å²) in [6.07, 6.45) is 0. The third-order valence-electron chi connectivity index (χ3n) is 3.17. The van der Waals surface area contributed by atoms with Crippen LogP contribution in [0.25, 0.3) is 11.4 Å². The van der Waals surface area contributed by atoms with Gasteiger partial charge < -0.3 is 5.32 Å². The van der Waals surface area contributed by atoms with Crippen molar-refractivity contribution in [2.45, 2.75) is 0 Å². The summed E-state index contributed by atoms with van der Waals surface area (Å²) in [5.74, 6) is -1.81. The van der Waals surface area contributed by atoms with Crippen molar-refractivity contribution in [1.29, 1.82) is 0 Å². The zero-order chi connectivity index (χ0) is 16.4. The second-order valence-electron chi connectivity index (χ2n) is 4.79. The van der Waals surface area contributed by atoms with Crippen LogP contribution in [0.15, 0.2) is 42.5 Å². The van der Waals surface area contributed by atoms with Crippen LogP contribution in [0, 0.1) is 11.6 Å². The third kappa shape index (κ3) is 3.05. The van der Waals surface area contributed by atoms with E-state index in [9.17, 15) is 13.6 Å². The molecule has 1 aromatic heterocycles. The Morgan fingerprint density at radius 3 is 2.70 bits per heavy atom. The molecule has 1 heterocycles. The second kappa shape index (κ2) is 5.91. The Balaban J connectivity index is 1.86. The first-order valence-electron chi connectivity index (χ1n) is 6.64. The quantitative estimate of drug-likeness (QED) is 0.805. The highest BCUT2D eigenvalue weighted by Crippen LogP contribution is 2.20. The number of benzene rings is 2. The van der Waals surface area contributed by atoms with E-state index in [-0.39, 0.29) is 5.56 Å². The van der Waals surface area contributed by atoms with Crippen molar-refractivity contribution in [3.8, 4) is 11.4 Å². The average molecular weight is 315 g/mol. The summed E-state index contributed by atoms with van der Waals surface area (Å²) in [5, 5.41) is 13.7. The molecule has 1 amide bonds. The predicted molar refractivity (Wildman–Crippen MR) is 78.5 cm³/mol. The molecule has 0 fully saturated rings. The number of nitrogens with zero attached hydrogens (tertiary/aromatic N) is 4. The van der Waals surface area contributed by atoms with Gasteiger partial charge in [-0.25, -0.2) is 13.5 Å². The molecule has 6 nitrogen and oxygen atoms in total. The number of rotatable bonds is 3. The number of hydrogen-bond donors (Lipinski definition) is 1. The number of carbonyl (C=O) groups is 1. The van der Waals surface area contributed by atoms with Gasteiger partial charge in [-0.05, 0) is 34.7 Å². The Bertz CT molecular complexity index is 878. The van der Waals surface area contributed by atoms with Crippen LogP contribution in [0.3, 0.4) is 0 Å². The highest BCUT2D eigenvalue weighted by molar-refractivity contribution is 6.04. The predicted octanol–water partition coefficient (Wildman–Crippen LogP) is 2.41. The standard InChI is InChI=1S/C15H11F2N5O/c1-22-14(19-20-21-22)9-3-2-4-11(7-9)18-15(23)12-6-5-10(16)8-13(12)17/h2-8H,1H3,(H,18,23). The van der Waals surface area contributed by atoms with Gasteiger partial charge in [-0.2, -0.15) is 0 Å². The molecule has 0 aliphatic heterocycles. The number of aryl methyl sites for hydroxylation is 1. The van der Waals surface area contributed by atoms with Crippen LogP contribution < -0.4 is 5.32 Å². The monoisotopic (exact) mass is 315 g/mol. The van der Waals surface area contributed by atoms with Crippen molar-refractivity contribution in [1.82, 2.24) is 20.2 Å². The largest absolute Gasteiger partial charge is 0.322 e. The van der Waals surface area contributed by atoms with Crippen molar-refractivity contribution < 1.29 is 13.6 Å². The molecule has 0 aliphatic carbocycles. The number of anilines is 1. The number of tetrazole rings is 1. The van der Waals surface area contributed by atoms with Crippen LogP contribution in [0.2, 0.25) is 0 Å². The maximum atomic E-state index is 13.6. The van der Waals surface area contributed by atoms with E-state index in [1.807, 2.05) is 0 Å². The summed E-state index contributed by atoms with van der Waals surface area (Å²) in [5.41, 5.74) is 0.895. The molecule has 0 spiro atoms. The van der Waals surface area contributed by atoms with Crippen molar-refractivity contribution in [3.05, 3.63) is 59.7 Å². The van der Waals surface area contributed by atoms with Gasteiger partial charge in [-0.3, -0.25) is 4.79 Å². The van der Waals surface area contributed by atoms with Crippen molar-refractivity contribution in [2.75, 3.05) is 5.32 Å². The van der Waals surface area contributed by atoms with E-state index in [0.717, 1.165) is 12.1 Å². The Labute approximate surface area is 129 Å². The van der Waals surface area contributed by atoms with Gasteiger partial charge in [0.05, 0.1) is 5.56 Å². The molecular weight excluding hydrogens is 304 g/mol. The maximum absolute atomic E-state index is 13.6. The maximum Gasteiger partial charge on any atom is 0.258 e. The fourth-order valence-corrected chi connectivity index (χ4v) is 2.08. The molecule has 0 radical (unpaired) electrons. The fraction of sp³-hybridized carbons (Fsp3) is 0.0667. The SMILES string of the molecule is Cn1nnnc1-c1cccc(NC(=O)c2ccc(F)cc2F)c1. The van der Waals surface area contributed by atoms with Crippen molar-refractivity contribution >= 4 is 11.6 Å². The van der Waals surface area contributed by atoms with Gasteiger partial charge in [-0.15, -0.1) is 5.10 Å². The van der Waals surface area contributed by atoms with Crippen LogP contribution in [0.4, 0.5) is 14.5 Å². The molecule has 0 saturated carbocycles. The summed E-state index contributed by atoms with van der Waals surface area (Å²) in [6.45, 7) is 0. The number of aromatic nitrogens is 4. The van der Waals surface area contributed by atoms with Crippen LogP contribution in [0.1, 0.15) is 10.4 Å². The summed E-state index contributed by atoms with van der Waals surface area (Å²) >= 11 is 0. The van der Waals surface area contributed by atoms with E-state index >= 15 is 0 Å². The lowest BCUT2D eigenvalue weighted by molar-refractivity contribution is 0.102. The molecule has 0 aliphatic rings. The molecule has 0 unspecified atom stereocenters. The number of carbonyl (C=O) groups excluding carboxylic acids is 1. The first kappa shape index (κ1) is 14.8. The topological polar surface area (TPSA) is 72.7 Å². The Hall–Kier alpha value is -3.16. The van der Waals surface area contributed by atoms with E-state index in [0.29, 0.717) is 23.1 Å². The Morgan fingerprint density at radius 1 is 1.17 bits per heavy atom. The molecule has 23 heavy (non-hydrogen) atoms. The molecule has 1 N–H and O–H groups in total. The average Bonchev–Trinajstić information content (AvgIpc) is 2.93. The van der Waals surface area contributed by atoms with E-state index in [1.54, 1.807) is 31.3 Å². The number of amides is 1. The number of halogens is 2. The summed E-state index contributed by atoms with van der Waals surface area (Å²) in [6, 6.07) is 9.57. The van der Waals surface area contributed by atoms with E-state index in [4.69, 9.17) is 0 Å².